The number of hydrogen-bond acceptors (Lipinski definition) is 1. The average Bonchev–Trinajstić information content (AvgIpc) is 2.65. The van der Waals surface area contributed by atoms with Crippen LogP contribution in [-0.2, 0) is 0 Å². The quantitative estimate of drug-likeness (QED) is 0.804. The predicted molar refractivity (Wildman–Crippen MR) is 54.0 cm³/mol. The molecule has 2 amide bonds. The summed E-state index contributed by atoms with van der Waals surface area (Å²) in [4.78, 5) is 12.6. The van der Waals surface area contributed by atoms with Crippen molar-refractivity contribution >= 4 is 6.03 Å². The lowest BCUT2D eigenvalue weighted by atomic mass is 10.1. The number of halogens is 3. The van der Waals surface area contributed by atoms with Gasteiger partial charge in [0.25, 0.3) is 0 Å². The Labute approximate surface area is 93.0 Å². The lowest BCUT2D eigenvalue weighted by Gasteiger charge is -2.21. The van der Waals surface area contributed by atoms with Crippen LogP contribution >= 0.6 is 0 Å². The van der Waals surface area contributed by atoms with Gasteiger partial charge in [-0.05, 0) is 18.8 Å². The molecule has 0 spiro atoms. The SMILES string of the molecule is CN(CC1CCCC1)C(=O)NCC(F)(F)F. The molecule has 94 valence electrons. The molecule has 1 rings (SSSR count). The number of amides is 2. The fourth-order valence-corrected chi connectivity index (χ4v) is 1.97. The Hall–Kier alpha value is -0.940. The number of carbonyl (C=O) groups excluding carboxylic acids is 1. The maximum absolute atomic E-state index is 11.9. The van der Waals surface area contributed by atoms with Gasteiger partial charge in [-0.25, -0.2) is 4.79 Å². The molecule has 1 aliphatic rings. The van der Waals surface area contributed by atoms with E-state index >= 15 is 0 Å². The number of hydrogen-bond donors (Lipinski definition) is 1. The maximum atomic E-state index is 11.9. The van der Waals surface area contributed by atoms with Gasteiger partial charge < -0.3 is 10.2 Å². The van der Waals surface area contributed by atoms with Gasteiger partial charge in [-0.15, -0.1) is 0 Å². The molecule has 0 unspecified atom stereocenters. The molecule has 16 heavy (non-hydrogen) atoms. The molecule has 0 aromatic carbocycles. The van der Waals surface area contributed by atoms with Gasteiger partial charge in [-0.3, -0.25) is 0 Å². The summed E-state index contributed by atoms with van der Waals surface area (Å²) in [5.74, 6) is 0.446. The molecular weight excluding hydrogens is 221 g/mol. The molecule has 0 saturated heterocycles. The largest absolute Gasteiger partial charge is 0.405 e. The Bertz CT molecular complexity index is 237. The van der Waals surface area contributed by atoms with E-state index < -0.39 is 18.8 Å². The van der Waals surface area contributed by atoms with Crippen molar-refractivity contribution in [1.29, 1.82) is 0 Å². The van der Waals surface area contributed by atoms with Gasteiger partial charge >= 0.3 is 12.2 Å². The second-order valence-electron chi connectivity index (χ2n) is 4.30. The third-order valence-electron chi connectivity index (χ3n) is 2.79. The Morgan fingerprint density at radius 1 is 1.38 bits per heavy atom. The summed E-state index contributed by atoms with van der Waals surface area (Å²) in [7, 11) is 1.53. The van der Waals surface area contributed by atoms with E-state index in [1.807, 2.05) is 5.32 Å². The van der Waals surface area contributed by atoms with Gasteiger partial charge in [-0.2, -0.15) is 13.2 Å². The molecular formula is C10H17F3N2O. The predicted octanol–water partition coefficient (Wildman–Crippen LogP) is 2.38. The van der Waals surface area contributed by atoms with Crippen LogP contribution in [0, 0.1) is 5.92 Å². The molecule has 0 aromatic heterocycles. The number of carbonyl (C=O) groups is 1. The highest BCUT2D eigenvalue weighted by Crippen LogP contribution is 2.25. The number of urea groups is 1. The number of rotatable bonds is 3. The highest BCUT2D eigenvalue weighted by atomic mass is 19.4. The van der Waals surface area contributed by atoms with Crippen molar-refractivity contribution < 1.29 is 18.0 Å². The number of nitrogens with one attached hydrogen (secondary N) is 1. The van der Waals surface area contributed by atoms with Crippen molar-refractivity contribution in [3.63, 3.8) is 0 Å². The van der Waals surface area contributed by atoms with Crippen LogP contribution in [0.3, 0.4) is 0 Å². The molecule has 3 nitrogen and oxygen atoms in total. The molecule has 6 heteroatoms. The standard InChI is InChI=1S/C10H17F3N2O/c1-15(6-8-4-2-3-5-8)9(16)14-7-10(11,12)13/h8H,2-7H2,1H3,(H,14,16). The molecule has 0 aromatic rings. The second-order valence-corrected chi connectivity index (χ2v) is 4.30. The fraction of sp³-hybridized carbons (Fsp3) is 0.900. The van der Waals surface area contributed by atoms with Gasteiger partial charge in [0.05, 0.1) is 0 Å². The van der Waals surface area contributed by atoms with E-state index in [4.69, 9.17) is 0 Å². The minimum atomic E-state index is -4.34. The van der Waals surface area contributed by atoms with Crippen LogP contribution < -0.4 is 5.32 Å². The highest BCUT2D eigenvalue weighted by Gasteiger charge is 2.28. The van der Waals surface area contributed by atoms with Crippen molar-refractivity contribution in [2.24, 2.45) is 5.92 Å². The molecule has 0 aliphatic heterocycles. The Balaban J connectivity index is 2.24. The van der Waals surface area contributed by atoms with E-state index in [1.165, 1.54) is 11.9 Å². The molecule has 0 radical (unpaired) electrons. The smallest absolute Gasteiger partial charge is 0.329 e. The normalized spacial score (nSPS) is 17.5. The van der Waals surface area contributed by atoms with Crippen molar-refractivity contribution in [2.45, 2.75) is 31.9 Å². The molecule has 1 fully saturated rings. The zero-order chi connectivity index (χ0) is 12.2. The van der Waals surface area contributed by atoms with Gasteiger partial charge in [0.1, 0.15) is 6.54 Å². The van der Waals surface area contributed by atoms with Crippen LogP contribution in [0.25, 0.3) is 0 Å². The van der Waals surface area contributed by atoms with Crippen molar-refractivity contribution in [1.82, 2.24) is 10.2 Å². The molecule has 1 aliphatic carbocycles. The zero-order valence-electron chi connectivity index (χ0n) is 9.31. The van der Waals surface area contributed by atoms with E-state index in [2.05, 4.69) is 0 Å². The summed E-state index contributed by atoms with van der Waals surface area (Å²) in [6, 6.07) is -0.649. The summed E-state index contributed by atoms with van der Waals surface area (Å²) in [6.45, 7) is -0.718. The Morgan fingerprint density at radius 3 is 2.44 bits per heavy atom. The van der Waals surface area contributed by atoms with Crippen LogP contribution in [-0.4, -0.2) is 37.2 Å². The van der Waals surface area contributed by atoms with Gasteiger partial charge in [0.2, 0.25) is 0 Å². The molecule has 1 N–H and O–H groups in total. The van der Waals surface area contributed by atoms with Crippen LogP contribution in [0.15, 0.2) is 0 Å². The zero-order valence-corrected chi connectivity index (χ0v) is 9.31. The van der Waals surface area contributed by atoms with E-state index in [1.54, 1.807) is 0 Å². The van der Waals surface area contributed by atoms with E-state index in [-0.39, 0.29) is 0 Å². The van der Waals surface area contributed by atoms with Gasteiger partial charge in [0.15, 0.2) is 0 Å². The molecule has 1 saturated carbocycles. The highest BCUT2D eigenvalue weighted by molar-refractivity contribution is 5.73. The van der Waals surface area contributed by atoms with Crippen LogP contribution in [0.5, 0.6) is 0 Å². The summed E-state index contributed by atoms with van der Waals surface area (Å²) >= 11 is 0. The number of nitrogens with zero attached hydrogens (tertiary/aromatic N) is 1. The molecule has 0 atom stereocenters. The first kappa shape index (κ1) is 13.1. The van der Waals surface area contributed by atoms with Crippen molar-refractivity contribution in [2.75, 3.05) is 20.1 Å². The van der Waals surface area contributed by atoms with Crippen molar-refractivity contribution in [3.8, 4) is 0 Å². The van der Waals surface area contributed by atoms with Crippen LogP contribution in [0.2, 0.25) is 0 Å². The third kappa shape index (κ3) is 4.72. The van der Waals surface area contributed by atoms with E-state index in [9.17, 15) is 18.0 Å². The monoisotopic (exact) mass is 238 g/mol. The first-order valence-corrected chi connectivity index (χ1v) is 5.44. The third-order valence-corrected chi connectivity index (χ3v) is 2.79. The van der Waals surface area contributed by atoms with Crippen molar-refractivity contribution in [3.05, 3.63) is 0 Å². The topological polar surface area (TPSA) is 32.3 Å². The minimum Gasteiger partial charge on any atom is -0.329 e. The Kier molecular flexibility index (Phi) is 4.44. The lowest BCUT2D eigenvalue weighted by Crippen LogP contribution is -2.43. The Morgan fingerprint density at radius 2 is 1.94 bits per heavy atom. The fourth-order valence-electron chi connectivity index (χ4n) is 1.97. The minimum absolute atomic E-state index is 0.446. The molecule has 0 heterocycles. The summed E-state index contributed by atoms with van der Waals surface area (Å²) in [5, 5.41) is 1.86. The van der Waals surface area contributed by atoms with E-state index in [0.717, 1.165) is 25.7 Å². The first-order chi connectivity index (χ1) is 7.38. The summed E-state index contributed by atoms with van der Waals surface area (Å²) in [6.07, 6.45) is 0.100. The second kappa shape index (κ2) is 5.41. The first-order valence-electron chi connectivity index (χ1n) is 5.44. The number of alkyl halides is 3. The maximum Gasteiger partial charge on any atom is 0.405 e. The van der Waals surface area contributed by atoms with Gasteiger partial charge in [0, 0.05) is 13.6 Å². The van der Waals surface area contributed by atoms with Gasteiger partial charge in [-0.1, -0.05) is 12.8 Å². The summed E-state index contributed by atoms with van der Waals surface area (Å²) < 4.78 is 35.6. The molecule has 0 bridgehead atoms. The lowest BCUT2D eigenvalue weighted by molar-refractivity contribution is -0.123. The van der Waals surface area contributed by atoms with Crippen LogP contribution in [0.4, 0.5) is 18.0 Å². The summed E-state index contributed by atoms with van der Waals surface area (Å²) in [5.41, 5.74) is 0. The van der Waals surface area contributed by atoms with Crippen LogP contribution in [0.1, 0.15) is 25.7 Å². The van der Waals surface area contributed by atoms with E-state index in [0.29, 0.717) is 12.5 Å². The average molecular weight is 238 g/mol.